The zero-order valence-corrected chi connectivity index (χ0v) is 21.0. The summed E-state index contributed by atoms with van der Waals surface area (Å²) >= 11 is 0. The molecule has 0 bridgehead atoms. The first-order valence-electron chi connectivity index (χ1n) is 12.7. The van der Waals surface area contributed by atoms with E-state index in [0.29, 0.717) is 18.5 Å². The highest BCUT2D eigenvalue weighted by Gasteiger charge is 2.41. The number of alkyl halides is 4. The Morgan fingerprint density at radius 1 is 1.11 bits per heavy atom. The lowest BCUT2D eigenvalue weighted by Crippen LogP contribution is -2.54. The van der Waals surface area contributed by atoms with Crippen molar-refractivity contribution in [2.75, 3.05) is 38.2 Å². The van der Waals surface area contributed by atoms with Gasteiger partial charge in [-0.25, -0.2) is 0 Å². The van der Waals surface area contributed by atoms with Crippen LogP contribution in [0.2, 0.25) is 0 Å². The van der Waals surface area contributed by atoms with Crippen LogP contribution in [-0.4, -0.2) is 75.7 Å². The van der Waals surface area contributed by atoms with Gasteiger partial charge in [-0.15, -0.1) is 0 Å². The molecule has 10 heteroatoms. The summed E-state index contributed by atoms with van der Waals surface area (Å²) in [5, 5.41) is 7.89. The summed E-state index contributed by atoms with van der Waals surface area (Å²) in [4.78, 5) is 8.32. The number of aryl methyl sites for hydroxylation is 1. The van der Waals surface area contributed by atoms with Crippen LogP contribution in [0.25, 0.3) is 11.3 Å². The molecule has 2 atom stereocenters. The largest absolute Gasteiger partial charge is 0.401 e. The van der Waals surface area contributed by atoms with Crippen LogP contribution in [0, 0.1) is 0 Å². The number of hydrogen-bond donors (Lipinski definition) is 1. The van der Waals surface area contributed by atoms with Crippen molar-refractivity contribution in [3.63, 3.8) is 0 Å². The number of fused-ring (bicyclic) bond motifs is 1. The Morgan fingerprint density at radius 3 is 2.57 bits per heavy atom. The molecule has 2 aliphatic rings. The molecule has 37 heavy (non-hydrogen) atoms. The van der Waals surface area contributed by atoms with E-state index >= 15 is 0 Å². The lowest BCUT2D eigenvalue weighted by Gasteiger charge is -2.42. The molecule has 0 aliphatic carbocycles. The predicted octanol–water partition coefficient (Wildman–Crippen LogP) is 4.84. The normalized spacial score (nSPS) is 21.0. The highest BCUT2D eigenvalue weighted by molar-refractivity contribution is 5.62. The summed E-state index contributed by atoms with van der Waals surface area (Å²) in [5.41, 5.74) is 5.06. The Hall–Kier alpha value is -2.98. The SMILES string of the molecule is C[C@H]1Cc2cc(-c3ccn(C)n3)ccc2[C@@H](c2ccc(NC3CN(CCCF)C3)cn2)N1CC(F)(F)F. The van der Waals surface area contributed by atoms with Crippen molar-refractivity contribution in [3.8, 4) is 11.3 Å². The van der Waals surface area contributed by atoms with E-state index in [1.165, 1.54) is 4.90 Å². The van der Waals surface area contributed by atoms with Gasteiger partial charge in [-0.2, -0.15) is 18.3 Å². The Kier molecular flexibility index (Phi) is 7.22. The van der Waals surface area contributed by atoms with E-state index in [0.717, 1.165) is 47.7 Å². The van der Waals surface area contributed by atoms with Crippen molar-refractivity contribution in [1.29, 1.82) is 0 Å². The molecule has 1 saturated heterocycles. The predicted molar refractivity (Wildman–Crippen MR) is 135 cm³/mol. The van der Waals surface area contributed by atoms with Gasteiger partial charge in [0.05, 0.1) is 48.6 Å². The van der Waals surface area contributed by atoms with Crippen LogP contribution in [-0.2, 0) is 13.5 Å². The fourth-order valence-corrected chi connectivity index (χ4v) is 5.44. The van der Waals surface area contributed by atoms with Crippen LogP contribution in [0.4, 0.5) is 23.2 Å². The van der Waals surface area contributed by atoms with Gasteiger partial charge in [-0.05, 0) is 55.2 Å². The lowest BCUT2D eigenvalue weighted by molar-refractivity contribution is -0.155. The molecule has 4 heterocycles. The maximum Gasteiger partial charge on any atom is 0.401 e. The van der Waals surface area contributed by atoms with Crippen LogP contribution in [0.5, 0.6) is 0 Å². The summed E-state index contributed by atoms with van der Waals surface area (Å²) in [6.45, 7) is 2.97. The summed E-state index contributed by atoms with van der Waals surface area (Å²) in [6, 6.07) is 10.9. The molecule has 0 unspecified atom stereocenters. The number of aromatic nitrogens is 3. The van der Waals surface area contributed by atoms with Gasteiger partial charge in [0.2, 0.25) is 0 Å². The minimum atomic E-state index is -4.32. The van der Waals surface area contributed by atoms with Crippen molar-refractivity contribution in [2.45, 2.75) is 44.1 Å². The number of nitrogens with one attached hydrogen (secondary N) is 1. The Balaban J connectivity index is 1.40. The number of rotatable bonds is 8. The maximum absolute atomic E-state index is 13.6. The van der Waals surface area contributed by atoms with Gasteiger partial charge in [-0.1, -0.05) is 12.1 Å². The highest BCUT2D eigenvalue weighted by Crippen LogP contribution is 2.40. The molecular weight excluding hydrogens is 484 g/mol. The molecule has 2 aromatic heterocycles. The van der Waals surface area contributed by atoms with Gasteiger partial charge < -0.3 is 5.32 Å². The first kappa shape index (κ1) is 25.7. The fraction of sp³-hybridized carbons (Fsp3) is 0.481. The van der Waals surface area contributed by atoms with Crippen LogP contribution < -0.4 is 5.32 Å². The molecule has 1 fully saturated rings. The van der Waals surface area contributed by atoms with Crippen molar-refractivity contribution < 1.29 is 17.6 Å². The molecule has 1 N–H and O–H groups in total. The number of nitrogens with zero attached hydrogens (tertiary/aromatic N) is 5. The van der Waals surface area contributed by atoms with Crippen molar-refractivity contribution in [2.24, 2.45) is 7.05 Å². The topological polar surface area (TPSA) is 49.2 Å². The Bertz CT molecular complexity index is 1200. The van der Waals surface area contributed by atoms with E-state index in [1.807, 2.05) is 56.6 Å². The molecular formula is C27H32F4N6. The Morgan fingerprint density at radius 2 is 1.92 bits per heavy atom. The van der Waals surface area contributed by atoms with E-state index in [4.69, 9.17) is 0 Å². The minimum absolute atomic E-state index is 0.259. The van der Waals surface area contributed by atoms with Crippen molar-refractivity contribution >= 4 is 5.69 Å². The number of benzene rings is 1. The smallest absolute Gasteiger partial charge is 0.378 e. The van der Waals surface area contributed by atoms with Gasteiger partial charge in [0.15, 0.2) is 0 Å². The Labute approximate surface area is 214 Å². The monoisotopic (exact) mass is 516 g/mol. The summed E-state index contributed by atoms with van der Waals surface area (Å²) in [7, 11) is 1.85. The fourth-order valence-electron chi connectivity index (χ4n) is 5.44. The summed E-state index contributed by atoms with van der Waals surface area (Å²) < 4.78 is 55.0. The zero-order valence-electron chi connectivity index (χ0n) is 21.0. The van der Waals surface area contributed by atoms with Crippen molar-refractivity contribution in [1.82, 2.24) is 24.6 Å². The average Bonchev–Trinajstić information content (AvgIpc) is 3.26. The number of hydrogen-bond acceptors (Lipinski definition) is 5. The van der Waals surface area contributed by atoms with E-state index in [1.54, 1.807) is 10.9 Å². The molecule has 0 spiro atoms. The average molecular weight is 517 g/mol. The molecule has 6 nitrogen and oxygen atoms in total. The highest BCUT2D eigenvalue weighted by atomic mass is 19.4. The number of pyridine rings is 1. The third-order valence-electron chi connectivity index (χ3n) is 7.22. The molecule has 198 valence electrons. The van der Waals surface area contributed by atoms with Gasteiger partial charge in [0, 0.05) is 44.5 Å². The number of likely N-dealkylation sites (tertiary alicyclic amines) is 1. The van der Waals surface area contributed by atoms with E-state index in [-0.39, 0.29) is 18.8 Å². The summed E-state index contributed by atoms with van der Waals surface area (Å²) in [5.74, 6) is 0. The molecule has 2 aliphatic heterocycles. The first-order chi connectivity index (χ1) is 17.7. The van der Waals surface area contributed by atoms with Crippen LogP contribution in [0.15, 0.2) is 48.8 Å². The third kappa shape index (κ3) is 5.80. The molecule has 3 aromatic rings. The molecule has 1 aromatic carbocycles. The minimum Gasteiger partial charge on any atom is -0.378 e. The third-order valence-corrected chi connectivity index (χ3v) is 7.22. The second-order valence-corrected chi connectivity index (χ2v) is 10.1. The second kappa shape index (κ2) is 10.4. The molecule has 5 rings (SSSR count). The maximum atomic E-state index is 13.6. The number of halogens is 4. The molecule has 0 amide bonds. The van der Waals surface area contributed by atoms with Gasteiger partial charge in [0.1, 0.15) is 0 Å². The van der Waals surface area contributed by atoms with Gasteiger partial charge >= 0.3 is 6.18 Å². The zero-order chi connectivity index (χ0) is 26.2. The lowest BCUT2D eigenvalue weighted by atomic mass is 9.85. The number of anilines is 1. The van der Waals surface area contributed by atoms with E-state index in [2.05, 4.69) is 20.3 Å². The van der Waals surface area contributed by atoms with E-state index in [9.17, 15) is 17.6 Å². The second-order valence-electron chi connectivity index (χ2n) is 10.1. The quantitative estimate of drug-likeness (QED) is 0.435. The van der Waals surface area contributed by atoms with Crippen LogP contribution >= 0.6 is 0 Å². The van der Waals surface area contributed by atoms with E-state index < -0.39 is 18.8 Å². The van der Waals surface area contributed by atoms with Gasteiger partial charge in [0.25, 0.3) is 0 Å². The van der Waals surface area contributed by atoms with Crippen molar-refractivity contribution in [3.05, 3.63) is 65.6 Å². The molecule has 0 saturated carbocycles. The standard InChI is InChI=1S/C27H32F4N6/c1-18-12-20-13-19(24-8-11-35(2)34-24)4-6-23(20)26(37(18)17-27(29,30)31)25-7-5-21(14-32-25)33-22-15-36(16-22)10-3-9-28/h4-8,11,13-14,18,22,26,33H,3,9-10,12,15-17H2,1-2H3/t18-,26-/m0/s1. The van der Waals surface area contributed by atoms with Gasteiger partial charge in [-0.3, -0.25) is 23.9 Å². The van der Waals surface area contributed by atoms with Crippen LogP contribution in [0.3, 0.4) is 0 Å². The molecule has 0 radical (unpaired) electrons. The summed E-state index contributed by atoms with van der Waals surface area (Å²) in [6.07, 6.45) is 0.311. The van der Waals surface area contributed by atoms with Crippen LogP contribution in [0.1, 0.15) is 36.2 Å². The first-order valence-corrected chi connectivity index (χ1v) is 12.7.